The molecule has 9 heteroatoms. The molecule has 2 aromatic carbocycles. The molecule has 1 aliphatic rings. The van der Waals surface area contributed by atoms with Crippen LogP contribution in [0.4, 0.5) is 0 Å². The summed E-state index contributed by atoms with van der Waals surface area (Å²) in [5.41, 5.74) is 1.68. The van der Waals surface area contributed by atoms with Crippen LogP contribution in [0.25, 0.3) is 22.1 Å². The molecule has 0 N–H and O–H groups in total. The molecule has 4 rings (SSSR count). The summed E-state index contributed by atoms with van der Waals surface area (Å²) >= 11 is 7.18. The highest BCUT2D eigenvalue weighted by molar-refractivity contribution is 8.22. The van der Waals surface area contributed by atoms with Crippen LogP contribution >= 0.6 is 24.0 Å². The van der Waals surface area contributed by atoms with Crippen molar-refractivity contribution in [2.45, 2.75) is 13.3 Å². The first kappa shape index (κ1) is 25.1. The first-order valence-corrected chi connectivity index (χ1v) is 12.9. The Hall–Kier alpha value is -3.04. The fourth-order valence-corrected chi connectivity index (χ4v) is 5.11. The van der Waals surface area contributed by atoms with Crippen molar-refractivity contribution in [3.05, 3.63) is 59.0 Å². The minimum atomic E-state index is -0.0861. The van der Waals surface area contributed by atoms with Crippen LogP contribution < -0.4 is 14.9 Å². The molecule has 1 amide bonds. The van der Waals surface area contributed by atoms with Gasteiger partial charge in [-0.3, -0.25) is 9.59 Å². The van der Waals surface area contributed by atoms with E-state index in [4.69, 9.17) is 26.1 Å². The molecule has 0 saturated carbocycles. The molecule has 184 valence electrons. The molecule has 0 atom stereocenters. The molecule has 1 saturated heterocycles. The molecule has 0 spiro atoms. The van der Waals surface area contributed by atoms with E-state index in [9.17, 15) is 9.59 Å². The van der Waals surface area contributed by atoms with Crippen LogP contribution in [-0.2, 0) is 4.79 Å². The van der Waals surface area contributed by atoms with Crippen LogP contribution in [0, 0.1) is 0 Å². The van der Waals surface area contributed by atoms with Gasteiger partial charge in [0.2, 0.25) is 5.91 Å². The molecule has 0 aliphatic carbocycles. The summed E-state index contributed by atoms with van der Waals surface area (Å²) in [6, 6.07) is 12.6. The minimum absolute atomic E-state index is 0.0861. The first-order valence-electron chi connectivity index (χ1n) is 11.5. The van der Waals surface area contributed by atoms with E-state index >= 15 is 0 Å². The summed E-state index contributed by atoms with van der Waals surface area (Å²) < 4.78 is 17.7. The zero-order valence-electron chi connectivity index (χ0n) is 19.8. The molecule has 1 fully saturated rings. The van der Waals surface area contributed by atoms with Gasteiger partial charge in [-0.25, -0.2) is 0 Å². The third kappa shape index (κ3) is 6.15. The second-order valence-corrected chi connectivity index (χ2v) is 9.90. The summed E-state index contributed by atoms with van der Waals surface area (Å²) in [7, 11) is 1.60. The quantitative estimate of drug-likeness (QED) is 0.340. The second-order valence-electron chi connectivity index (χ2n) is 8.17. The van der Waals surface area contributed by atoms with Crippen molar-refractivity contribution in [3.63, 3.8) is 0 Å². The summed E-state index contributed by atoms with van der Waals surface area (Å²) in [6.45, 7) is 5.14. The zero-order chi connectivity index (χ0) is 24.8. The lowest BCUT2D eigenvalue weighted by Crippen LogP contribution is -2.49. The Morgan fingerprint density at radius 3 is 2.43 bits per heavy atom. The highest BCUT2D eigenvalue weighted by atomic mass is 32.2. The van der Waals surface area contributed by atoms with Gasteiger partial charge in [-0.1, -0.05) is 36.1 Å². The van der Waals surface area contributed by atoms with Crippen molar-refractivity contribution in [2.75, 3.05) is 45.6 Å². The number of hydrogen-bond donors (Lipinski definition) is 0. The number of rotatable bonds is 7. The summed E-state index contributed by atoms with van der Waals surface area (Å²) in [4.78, 5) is 28.4. The van der Waals surface area contributed by atoms with E-state index in [2.05, 4.69) is 4.90 Å². The number of ether oxygens (including phenoxy) is 2. The Balaban J connectivity index is 1.27. The number of carbonyl (C=O) groups is 1. The predicted octanol–water partition coefficient (Wildman–Crippen LogP) is 4.42. The molecule has 2 heterocycles. The largest absolute Gasteiger partial charge is 0.497 e. The van der Waals surface area contributed by atoms with E-state index in [0.29, 0.717) is 28.9 Å². The summed E-state index contributed by atoms with van der Waals surface area (Å²) in [5.74, 6) is 2.35. The molecule has 7 nitrogen and oxygen atoms in total. The van der Waals surface area contributed by atoms with Gasteiger partial charge in [0.1, 0.15) is 27.7 Å². The summed E-state index contributed by atoms with van der Waals surface area (Å²) in [6.07, 6.45) is 2.32. The van der Waals surface area contributed by atoms with Crippen LogP contribution in [0.15, 0.2) is 57.9 Å². The number of thiocarbonyl (C=S) groups is 1. The zero-order valence-corrected chi connectivity index (χ0v) is 21.5. The number of carbonyl (C=O) groups excluding carboxylic acids is 1. The van der Waals surface area contributed by atoms with Crippen LogP contribution in [0.3, 0.4) is 0 Å². The van der Waals surface area contributed by atoms with Gasteiger partial charge in [0.25, 0.3) is 0 Å². The van der Waals surface area contributed by atoms with Gasteiger partial charge in [0.05, 0.1) is 24.7 Å². The number of nitrogens with zero attached hydrogens (tertiary/aromatic N) is 2. The lowest BCUT2D eigenvalue weighted by atomic mass is 10.1. The van der Waals surface area contributed by atoms with E-state index in [1.165, 1.54) is 6.26 Å². The maximum atomic E-state index is 13.0. The number of benzene rings is 2. The number of hydrogen-bond acceptors (Lipinski definition) is 7. The molecule has 3 aromatic rings. The van der Waals surface area contributed by atoms with E-state index in [0.717, 1.165) is 54.0 Å². The van der Waals surface area contributed by atoms with Gasteiger partial charge < -0.3 is 23.7 Å². The second kappa shape index (κ2) is 11.6. The lowest BCUT2D eigenvalue weighted by Gasteiger charge is -2.35. The van der Waals surface area contributed by atoms with Crippen molar-refractivity contribution in [2.24, 2.45) is 0 Å². The van der Waals surface area contributed by atoms with Crippen molar-refractivity contribution < 1.29 is 18.7 Å². The Labute approximate surface area is 214 Å². The number of methoxy groups -OCH3 is 1. The van der Waals surface area contributed by atoms with Crippen LogP contribution in [0.1, 0.15) is 13.3 Å². The summed E-state index contributed by atoms with van der Waals surface area (Å²) in [5, 5.41) is 0.511. The maximum absolute atomic E-state index is 13.0. The van der Waals surface area contributed by atoms with Crippen LogP contribution in [0.2, 0.25) is 0 Å². The Morgan fingerprint density at radius 1 is 1.06 bits per heavy atom. The number of piperazine rings is 1. The molecular weight excluding hydrogens is 484 g/mol. The van der Waals surface area contributed by atoms with Crippen molar-refractivity contribution >= 4 is 45.2 Å². The van der Waals surface area contributed by atoms with E-state index in [1.807, 2.05) is 29.2 Å². The van der Waals surface area contributed by atoms with Crippen molar-refractivity contribution in [3.8, 4) is 22.6 Å². The molecule has 0 bridgehead atoms. The van der Waals surface area contributed by atoms with Crippen LogP contribution in [-0.4, -0.2) is 65.7 Å². The molecule has 1 aliphatic heterocycles. The predicted molar refractivity (Wildman–Crippen MR) is 143 cm³/mol. The Morgan fingerprint density at radius 2 is 1.74 bits per heavy atom. The minimum Gasteiger partial charge on any atom is -0.497 e. The lowest BCUT2D eigenvalue weighted by molar-refractivity contribution is -0.130. The van der Waals surface area contributed by atoms with Gasteiger partial charge >= 0.3 is 0 Å². The number of amides is 1. The topological polar surface area (TPSA) is 72.2 Å². The Bertz CT molecular complexity index is 1250. The molecular formula is C26H28N2O5S2. The molecule has 35 heavy (non-hydrogen) atoms. The van der Waals surface area contributed by atoms with Crippen LogP contribution in [0.5, 0.6) is 11.5 Å². The fraction of sp³-hybridized carbons (Fsp3) is 0.346. The van der Waals surface area contributed by atoms with E-state index in [-0.39, 0.29) is 11.3 Å². The number of thioether (sulfide) groups is 1. The average Bonchev–Trinajstić information content (AvgIpc) is 2.88. The van der Waals surface area contributed by atoms with Gasteiger partial charge in [0.15, 0.2) is 5.43 Å². The Kier molecular flexibility index (Phi) is 8.30. The normalized spacial score (nSPS) is 13.7. The molecule has 1 aromatic heterocycles. The number of fused-ring (bicyclic) bond motifs is 1. The van der Waals surface area contributed by atoms with Gasteiger partial charge in [-0.05, 0) is 36.2 Å². The highest BCUT2D eigenvalue weighted by Crippen LogP contribution is 2.25. The third-order valence-electron chi connectivity index (χ3n) is 5.91. The molecule has 0 unspecified atom stereocenters. The van der Waals surface area contributed by atoms with Gasteiger partial charge in [0, 0.05) is 44.9 Å². The fourth-order valence-electron chi connectivity index (χ4n) is 3.87. The van der Waals surface area contributed by atoms with E-state index < -0.39 is 0 Å². The molecule has 0 radical (unpaired) electrons. The third-order valence-corrected chi connectivity index (χ3v) is 7.52. The van der Waals surface area contributed by atoms with Crippen molar-refractivity contribution in [1.82, 2.24) is 9.80 Å². The monoisotopic (exact) mass is 512 g/mol. The van der Waals surface area contributed by atoms with Gasteiger partial charge in [-0.15, -0.1) is 0 Å². The highest BCUT2D eigenvalue weighted by Gasteiger charge is 2.20. The average molecular weight is 513 g/mol. The van der Waals surface area contributed by atoms with E-state index in [1.54, 1.807) is 44.0 Å². The smallest absolute Gasteiger partial charge is 0.219 e. The first-order chi connectivity index (χ1) is 17.0. The SMILES string of the molecule is COc1ccc(-c2coc3cc(OCCCSC(=S)N4CCN(C(C)=O)CC4)ccc3c2=O)cc1. The maximum Gasteiger partial charge on any atom is 0.219 e. The van der Waals surface area contributed by atoms with Crippen molar-refractivity contribution in [1.29, 1.82) is 0 Å². The van der Waals surface area contributed by atoms with Gasteiger partial charge in [-0.2, -0.15) is 0 Å². The standard InChI is InChI=1S/C26H28N2O5S2/c1-18(29)27-10-12-28(13-11-27)26(34)35-15-3-14-32-21-8-9-22-24(16-21)33-17-23(25(22)30)19-4-6-20(31-2)7-5-19/h4-9,16-17H,3,10-15H2,1-2H3.